The summed E-state index contributed by atoms with van der Waals surface area (Å²) >= 11 is 1.46. The van der Waals surface area contributed by atoms with Gasteiger partial charge in [0.2, 0.25) is 5.43 Å². The van der Waals surface area contributed by atoms with Crippen molar-refractivity contribution < 1.29 is 13.9 Å². The van der Waals surface area contributed by atoms with Gasteiger partial charge in [-0.1, -0.05) is 0 Å². The fourth-order valence-corrected chi connectivity index (χ4v) is 3.91. The molecule has 2 aromatic heterocycles. The standard InChI is InChI=1S/C20H22FN3O3S/c1-5-24-9-14(20(26)27-6-2)19(25)13-7-15(21)12(8-17(13)24)16-11-28-18(22-16)10-23(3)4/h7-9,11H,5-6,10H2,1-4H3. The topological polar surface area (TPSA) is 64.4 Å². The highest BCUT2D eigenvalue weighted by Crippen LogP contribution is 2.28. The molecule has 148 valence electrons. The number of hydrogen-bond acceptors (Lipinski definition) is 6. The van der Waals surface area contributed by atoms with E-state index in [0.717, 1.165) is 5.01 Å². The Balaban J connectivity index is 2.17. The van der Waals surface area contributed by atoms with Crippen molar-refractivity contribution in [2.45, 2.75) is 26.9 Å². The van der Waals surface area contributed by atoms with Gasteiger partial charge in [-0.25, -0.2) is 14.2 Å². The number of aromatic nitrogens is 2. The molecule has 8 heteroatoms. The van der Waals surface area contributed by atoms with Crippen molar-refractivity contribution in [1.29, 1.82) is 0 Å². The zero-order chi connectivity index (χ0) is 20.4. The Morgan fingerprint density at radius 2 is 2.07 bits per heavy atom. The number of esters is 1. The third-order valence-corrected chi connectivity index (χ3v) is 5.12. The van der Waals surface area contributed by atoms with Crippen LogP contribution in [-0.4, -0.2) is 41.1 Å². The molecule has 3 rings (SSSR count). The molecule has 0 fully saturated rings. The average molecular weight is 403 g/mol. The molecule has 0 atom stereocenters. The minimum absolute atomic E-state index is 0.0923. The summed E-state index contributed by atoms with van der Waals surface area (Å²) in [6.45, 7) is 4.90. The molecule has 3 aromatic rings. The van der Waals surface area contributed by atoms with Gasteiger partial charge in [0, 0.05) is 35.6 Å². The first-order valence-electron chi connectivity index (χ1n) is 8.99. The Morgan fingerprint density at radius 3 is 2.71 bits per heavy atom. The molecule has 0 aliphatic heterocycles. The number of rotatable bonds is 6. The molecule has 0 bridgehead atoms. The number of nitrogens with zero attached hydrogens (tertiary/aromatic N) is 3. The van der Waals surface area contributed by atoms with Gasteiger partial charge in [-0.3, -0.25) is 4.79 Å². The molecule has 0 unspecified atom stereocenters. The number of pyridine rings is 1. The highest BCUT2D eigenvalue weighted by atomic mass is 32.1. The summed E-state index contributed by atoms with van der Waals surface area (Å²) in [6, 6.07) is 2.81. The minimum Gasteiger partial charge on any atom is -0.462 e. The second-order valence-electron chi connectivity index (χ2n) is 6.59. The molecule has 6 nitrogen and oxygen atoms in total. The molecule has 1 aromatic carbocycles. The molecule has 0 saturated carbocycles. The van der Waals surface area contributed by atoms with Crippen LogP contribution in [0.3, 0.4) is 0 Å². The molecule has 0 spiro atoms. The van der Waals surface area contributed by atoms with Crippen LogP contribution in [0.5, 0.6) is 0 Å². The van der Waals surface area contributed by atoms with Gasteiger partial charge in [0.25, 0.3) is 0 Å². The number of fused-ring (bicyclic) bond motifs is 1. The minimum atomic E-state index is -0.700. The van der Waals surface area contributed by atoms with Crippen molar-refractivity contribution in [3.8, 4) is 11.3 Å². The smallest absolute Gasteiger partial charge is 0.343 e. The van der Waals surface area contributed by atoms with Gasteiger partial charge in [0.15, 0.2) is 0 Å². The number of hydrogen-bond donors (Lipinski definition) is 0. The molecule has 0 amide bonds. The van der Waals surface area contributed by atoms with Crippen molar-refractivity contribution in [1.82, 2.24) is 14.5 Å². The second kappa shape index (κ2) is 8.20. The van der Waals surface area contributed by atoms with Crippen LogP contribution in [0.1, 0.15) is 29.2 Å². The number of aryl methyl sites for hydroxylation is 1. The maximum atomic E-state index is 14.9. The summed E-state index contributed by atoms with van der Waals surface area (Å²) in [7, 11) is 3.89. The van der Waals surface area contributed by atoms with Crippen LogP contribution < -0.4 is 5.43 Å². The lowest BCUT2D eigenvalue weighted by atomic mass is 10.1. The van der Waals surface area contributed by atoms with Gasteiger partial charge in [0.1, 0.15) is 16.4 Å². The van der Waals surface area contributed by atoms with Crippen molar-refractivity contribution in [3.05, 3.63) is 50.3 Å². The van der Waals surface area contributed by atoms with Gasteiger partial charge >= 0.3 is 5.97 Å². The number of benzene rings is 1. The summed E-state index contributed by atoms with van der Waals surface area (Å²) in [6.07, 6.45) is 1.48. The lowest BCUT2D eigenvalue weighted by Gasteiger charge is -2.13. The molecule has 0 N–H and O–H groups in total. The average Bonchev–Trinajstić information content (AvgIpc) is 3.09. The van der Waals surface area contributed by atoms with Crippen LogP contribution in [0.2, 0.25) is 0 Å². The van der Waals surface area contributed by atoms with E-state index in [9.17, 15) is 14.0 Å². The van der Waals surface area contributed by atoms with Crippen molar-refractivity contribution >= 4 is 28.2 Å². The van der Waals surface area contributed by atoms with Gasteiger partial charge in [-0.05, 0) is 40.1 Å². The van der Waals surface area contributed by atoms with Crippen LogP contribution in [0.4, 0.5) is 4.39 Å². The van der Waals surface area contributed by atoms with E-state index in [-0.39, 0.29) is 17.6 Å². The number of thiazole rings is 1. The molecular weight excluding hydrogens is 381 g/mol. The van der Waals surface area contributed by atoms with E-state index in [1.165, 1.54) is 23.6 Å². The molecular formula is C20H22FN3O3S. The first-order valence-corrected chi connectivity index (χ1v) is 9.87. The van der Waals surface area contributed by atoms with Crippen LogP contribution in [0.15, 0.2) is 28.5 Å². The van der Waals surface area contributed by atoms with Crippen molar-refractivity contribution in [2.24, 2.45) is 0 Å². The molecule has 28 heavy (non-hydrogen) atoms. The number of ether oxygens (including phenoxy) is 1. The number of carbonyl (C=O) groups excluding carboxylic acids is 1. The van der Waals surface area contributed by atoms with E-state index >= 15 is 0 Å². The van der Waals surface area contributed by atoms with Crippen LogP contribution in [0, 0.1) is 5.82 Å². The largest absolute Gasteiger partial charge is 0.462 e. The lowest BCUT2D eigenvalue weighted by molar-refractivity contribution is 0.0524. The summed E-state index contributed by atoms with van der Waals surface area (Å²) in [5.41, 5.74) is 0.796. The maximum absolute atomic E-state index is 14.9. The predicted octanol–water partition coefficient (Wildman–Crippen LogP) is 3.52. The summed E-state index contributed by atoms with van der Waals surface area (Å²) in [5, 5.41) is 2.84. The molecule has 0 aliphatic rings. The monoisotopic (exact) mass is 403 g/mol. The normalized spacial score (nSPS) is 11.4. The quantitative estimate of drug-likeness (QED) is 0.589. The molecule has 0 radical (unpaired) electrons. The van der Waals surface area contributed by atoms with Crippen molar-refractivity contribution in [3.63, 3.8) is 0 Å². The third-order valence-electron chi connectivity index (χ3n) is 4.28. The maximum Gasteiger partial charge on any atom is 0.343 e. The van der Waals surface area contributed by atoms with E-state index in [1.54, 1.807) is 17.6 Å². The van der Waals surface area contributed by atoms with Gasteiger partial charge < -0.3 is 14.2 Å². The van der Waals surface area contributed by atoms with E-state index in [4.69, 9.17) is 4.74 Å². The Kier molecular flexibility index (Phi) is 5.90. The fourth-order valence-electron chi connectivity index (χ4n) is 3.00. The highest BCUT2D eigenvalue weighted by molar-refractivity contribution is 7.09. The SMILES string of the molecule is CCOC(=O)c1cn(CC)c2cc(-c3csc(CN(C)C)n3)c(F)cc2c1=O. The Bertz CT molecular complexity index is 1090. The Hall–Kier alpha value is -2.58. The van der Waals surface area contributed by atoms with Crippen molar-refractivity contribution in [2.75, 3.05) is 20.7 Å². The highest BCUT2D eigenvalue weighted by Gasteiger charge is 2.19. The Morgan fingerprint density at radius 1 is 1.32 bits per heavy atom. The van der Waals surface area contributed by atoms with E-state index in [0.29, 0.717) is 29.9 Å². The zero-order valence-corrected chi connectivity index (χ0v) is 17.1. The summed E-state index contributed by atoms with van der Waals surface area (Å²) in [5.74, 6) is -1.25. The molecule has 2 heterocycles. The van der Waals surface area contributed by atoms with Crippen LogP contribution in [-0.2, 0) is 17.8 Å². The first-order chi connectivity index (χ1) is 13.3. The van der Waals surface area contributed by atoms with Crippen LogP contribution >= 0.6 is 11.3 Å². The Labute approximate surface area is 166 Å². The summed E-state index contributed by atoms with van der Waals surface area (Å²) in [4.78, 5) is 31.3. The van der Waals surface area contributed by atoms with Gasteiger partial charge in [-0.15, -0.1) is 11.3 Å². The number of halogens is 1. The molecule has 0 saturated heterocycles. The van der Waals surface area contributed by atoms with Crippen LogP contribution in [0.25, 0.3) is 22.2 Å². The van der Waals surface area contributed by atoms with E-state index in [1.807, 2.05) is 31.3 Å². The third kappa shape index (κ3) is 3.83. The molecule has 0 aliphatic carbocycles. The zero-order valence-electron chi connectivity index (χ0n) is 16.3. The number of carbonyl (C=O) groups is 1. The van der Waals surface area contributed by atoms with E-state index < -0.39 is 17.2 Å². The van der Waals surface area contributed by atoms with E-state index in [2.05, 4.69) is 4.98 Å². The first kappa shape index (κ1) is 20.2. The van der Waals surface area contributed by atoms with Gasteiger partial charge in [-0.2, -0.15) is 0 Å². The fraction of sp³-hybridized carbons (Fsp3) is 0.350. The lowest BCUT2D eigenvalue weighted by Crippen LogP contribution is -2.21. The van der Waals surface area contributed by atoms with Gasteiger partial charge in [0.05, 0.1) is 17.8 Å². The predicted molar refractivity (Wildman–Crippen MR) is 108 cm³/mol. The summed E-state index contributed by atoms with van der Waals surface area (Å²) < 4.78 is 21.6. The second-order valence-corrected chi connectivity index (χ2v) is 7.53.